The SMILES string of the molecule is [2H]C([2H])([2H])c1ccccc1-c1cc(-c2cccc3oc4cc(-c5ccccc5)ccc4c23)ncc1Cl. The van der Waals surface area contributed by atoms with Crippen LogP contribution in [0.15, 0.2) is 108 Å². The van der Waals surface area contributed by atoms with Gasteiger partial charge in [-0.2, -0.15) is 0 Å². The second kappa shape index (κ2) is 7.91. The fourth-order valence-corrected chi connectivity index (χ4v) is 4.56. The van der Waals surface area contributed by atoms with E-state index in [0.29, 0.717) is 21.8 Å². The second-order valence-electron chi connectivity index (χ2n) is 7.95. The summed E-state index contributed by atoms with van der Waals surface area (Å²) in [5.74, 6) is 0. The van der Waals surface area contributed by atoms with Crippen LogP contribution in [0.25, 0.3) is 55.4 Å². The van der Waals surface area contributed by atoms with Crippen molar-refractivity contribution in [1.29, 1.82) is 0 Å². The van der Waals surface area contributed by atoms with E-state index in [1.807, 2.05) is 48.5 Å². The highest BCUT2D eigenvalue weighted by Gasteiger charge is 2.16. The highest BCUT2D eigenvalue weighted by atomic mass is 35.5. The van der Waals surface area contributed by atoms with Crippen LogP contribution in [0.1, 0.15) is 9.68 Å². The highest BCUT2D eigenvalue weighted by molar-refractivity contribution is 6.33. The van der Waals surface area contributed by atoms with Gasteiger partial charge in [-0.25, -0.2) is 0 Å². The molecule has 2 nitrogen and oxygen atoms in total. The Morgan fingerprint density at radius 3 is 2.42 bits per heavy atom. The first kappa shape index (κ1) is 16.7. The zero-order chi connectivity index (χ0) is 24.9. The van der Waals surface area contributed by atoms with Crippen LogP contribution in [0, 0.1) is 6.85 Å². The van der Waals surface area contributed by atoms with Crippen LogP contribution in [-0.2, 0) is 0 Å². The molecule has 0 fully saturated rings. The lowest BCUT2D eigenvalue weighted by atomic mass is 9.97. The molecule has 158 valence electrons. The van der Waals surface area contributed by atoms with Gasteiger partial charge in [-0.3, -0.25) is 4.98 Å². The number of rotatable bonds is 3. The van der Waals surface area contributed by atoms with Crippen molar-refractivity contribution < 1.29 is 8.53 Å². The third-order valence-corrected chi connectivity index (χ3v) is 6.25. The average molecular weight is 449 g/mol. The monoisotopic (exact) mass is 448 g/mol. The van der Waals surface area contributed by atoms with Crippen molar-refractivity contribution in [2.24, 2.45) is 0 Å². The molecule has 6 aromatic rings. The Labute approximate surface area is 201 Å². The van der Waals surface area contributed by atoms with Crippen LogP contribution in [0.4, 0.5) is 0 Å². The molecule has 0 amide bonds. The lowest BCUT2D eigenvalue weighted by Crippen LogP contribution is -1.90. The second-order valence-corrected chi connectivity index (χ2v) is 8.36. The Morgan fingerprint density at radius 2 is 1.55 bits per heavy atom. The molecule has 0 atom stereocenters. The van der Waals surface area contributed by atoms with E-state index in [9.17, 15) is 0 Å². The number of nitrogens with zero attached hydrogens (tertiary/aromatic N) is 1. The smallest absolute Gasteiger partial charge is 0.136 e. The van der Waals surface area contributed by atoms with Crippen molar-refractivity contribution in [3.8, 4) is 33.5 Å². The Morgan fingerprint density at radius 1 is 0.727 bits per heavy atom. The van der Waals surface area contributed by atoms with Gasteiger partial charge >= 0.3 is 0 Å². The molecule has 0 aliphatic heterocycles. The fourth-order valence-electron chi connectivity index (χ4n) is 4.36. The highest BCUT2D eigenvalue weighted by Crippen LogP contribution is 2.39. The Balaban J connectivity index is 1.54. The predicted molar refractivity (Wildman–Crippen MR) is 138 cm³/mol. The molecule has 0 unspecified atom stereocenters. The summed E-state index contributed by atoms with van der Waals surface area (Å²) < 4.78 is 30.2. The molecule has 6 rings (SSSR count). The molecule has 0 radical (unpaired) electrons. The summed E-state index contributed by atoms with van der Waals surface area (Å²) in [6.07, 6.45) is 1.58. The van der Waals surface area contributed by atoms with Crippen molar-refractivity contribution in [2.75, 3.05) is 0 Å². The van der Waals surface area contributed by atoms with E-state index in [2.05, 4.69) is 35.3 Å². The maximum atomic E-state index is 7.97. The van der Waals surface area contributed by atoms with Gasteiger partial charge < -0.3 is 4.42 Å². The van der Waals surface area contributed by atoms with Gasteiger partial charge in [-0.05, 0) is 53.4 Å². The topological polar surface area (TPSA) is 26.0 Å². The standard InChI is InChI=1S/C30H20ClNO/c1-19-8-5-6-11-22(19)25-17-27(32-18-26(25)31)23-12-7-13-28-30(23)24-15-14-21(16-29(24)33-28)20-9-3-2-4-10-20/h2-18H,1H3/i1D3. The molecule has 4 aromatic carbocycles. The predicted octanol–water partition coefficient (Wildman–Crippen LogP) is 8.94. The van der Waals surface area contributed by atoms with E-state index < -0.39 is 6.85 Å². The van der Waals surface area contributed by atoms with E-state index in [1.54, 1.807) is 24.4 Å². The molecular formula is C30H20ClNO. The molecule has 3 heteroatoms. The van der Waals surface area contributed by atoms with E-state index in [4.69, 9.17) is 20.1 Å². The van der Waals surface area contributed by atoms with E-state index in [-0.39, 0.29) is 5.56 Å². The van der Waals surface area contributed by atoms with Crippen LogP contribution in [0.2, 0.25) is 5.02 Å². The number of aryl methyl sites for hydroxylation is 1. The van der Waals surface area contributed by atoms with Crippen LogP contribution >= 0.6 is 11.6 Å². The zero-order valence-electron chi connectivity index (χ0n) is 20.5. The Kier molecular flexibility index (Phi) is 4.01. The fraction of sp³-hybridized carbons (Fsp3) is 0.0333. The first-order valence-corrected chi connectivity index (χ1v) is 11.0. The van der Waals surface area contributed by atoms with Crippen molar-refractivity contribution in [2.45, 2.75) is 6.85 Å². The first-order chi connectivity index (χ1) is 17.4. The molecule has 0 saturated heterocycles. The third-order valence-electron chi connectivity index (χ3n) is 5.95. The summed E-state index contributed by atoms with van der Waals surface area (Å²) in [5, 5.41) is 2.34. The molecule has 2 aromatic heterocycles. The molecule has 33 heavy (non-hydrogen) atoms. The van der Waals surface area contributed by atoms with Gasteiger partial charge in [0.25, 0.3) is 0 Å². The first-order valence-electron chi connectivity index (χ1n) is 12.2. The number of hydrogen-bond donors (Lipinski definition) is 0. The molecule has 0 saturated carbocycles. The Hall–Kier alpha value is -3.88. The molecular weight excluding hydrogens is 426 g/mol. The lowest BCUT2D eigenvalue weighted by Gasteiger charge is -2.11. The zero-order valence-corrected chi connectivity index (χ0v) is 18.3. The van der Waals surface area contributed by atoms with E-state index in [0.717, 1.165) is 38.6 Å². The molecule has 0 N–H and O–H groups in total. The number of furan rings is 1. The van der Waals surface area contributed by atoms with Crippen LogP contribution < -0.4 is 0 Å². The largest absolute Gasteiger partial charge is 0.456 e. The Bertz CT molecular complexity index is 1740. The van der Waals surface area contributed by atoms with Crippen molar-refractivity contribution in [1.82, 2.24) is 4.98 Å². The summed E-state index contributed by atoms with van der Waals surface area (Å²) in [6, 6.07) is 31.1. The third kappa shape index (κ3) is 3.40. The van der Waals surface area contributed by atoms with Gasteiger partial charge in [0.1, 0.15) is 11.2 Å². The number of hydrogen-bond acceptors (Lipinski definition) is 2. The number of halogens is 1. The maximum absolute atomic E-state index is 7.97. The normalized spacial score (nSPS) is 13.1. The van der Waals surface area contributed by atoms with Gasteiger partial charge in [0.15, 0.2) is 0 Å². The van der Waals surface area contributed by atoms with Crippen molar-refractivity contribution in [3.63, 3.8) is 0 Å². The summed E-state index contributed by atoms with van der Waals surface area (Å²) in [4.78, 5) is 4.61. The summed E-state index contributed by atoms with van der Waals surface area (Å²) in [7, 11) is 0. The average Bonchev–Trinajstić information content (AvgIpc) is 3.27. The molecule has 0 aliphatic carbocycles. The van der Waals surface area contributed by atoms with Crippen LogP contribution in [0.5, 0.6) is 0 Å². The molecule has 2 heterocycles. The van der Waals surface area contributed by atoms with Gasteiger partial charge in [0.05, 0.1) is 10.7 Å². The van der Waals surface area contributed by atoms with Gasteiger partial charge in [0.2, 0.25) is 0 Å². The number of aromatic nitrogens is 1. The minimum Gasteiger partial charge on any atom is -0.456 e. The van der Waals surface area contributed by atoms with Gasteiger partial charge in [0, 0.05) is 32.2 Å². The molecule has 0 aliphatic rings. The van der Waals surface area contributed by atoms with E-state index >= 15 is 0 Å². The molecule has 0 spiro atoms. The van der Waals surface area contributed by atoms with Crippen molar-refractivity contribution >= 4 is 33.5 Å². The van der Waals surface area contributed by atoms with Crippen LogP contribution in [-0.4, -0.2) is 4.98 Å². The maximum Gasteiger partial charge on any atom is 0.136 e. The van der Waals surface area contributed by atoms with Gasteiger partial charge in [-0.15, -0.1) is 0 Å². The number of pyridine rings is 1. The summed E-state index contributed by atoms with van der Waals surface area (Å²) in [5.41, 5.74) is 6.79. The quantitative estimate of drug-likeness (QED) is 0.270. The molecule has 0 bridgehead atoms. The van der Waals surface area contributed by atoms with Gasteiger partial charge in [-0.1, -0.05) is 84.4 Å². The van der Waals surface area contributed by atoms with Crippen molar-refractivity contribution in [3.05, 3.63) is 114 Å². The van der Waals surface area contributed by atoms with E-state index in [1.165, 1.54) is 0 Å². The lowest BCUT2D eigenvalue weighted by molar-refractivity contribution is 0.669. The minimum atomic E-state index is -2.26. The summed E-state index contributed by atoms with van der Waals surface area (Å²) in [6.45, 7) is -2.26. The van der Waals surface area contributed by atoms with Crippen LogP contribution in [0.3, 0.4) is 0 Å². The minimum absolute atomic E-state index is 0.254. The number of benzene rings is 4. The number of fused-ring (bicyclic) bond motifs is 3. The summed E-state index contributed by atoms with van der Waals surface area (Å²) >= 11 is 6.54.